The zero-order valence-corrected chi connectivity index (χ0v) is 5.63. The molecule has 4 heteroatoms. The first-order valence-electron chi connectivity index (χ1n) is 2.80. The maximum absolute atomic E-state index is 10.4. The van der Waals surface area contributed by atoms with Crippen LogP contribution in [0.3, 0.4) is 0 Å². The molecule has 54 valence electrons. The van der Waals surface area contributed by atoms with Gasteiger partial charge in [-0.3, -0.25) is 4.79 Å². The lowest BCUT2D eigenvalue weighted by atomic mass is 10.3. The number of nitrogens with zero attached hydrogens (tertiary/aromatic N) is 1. The summed E-state index contributed by atoms with van der Waals surface area (Å²) in [5.41, 5.74) is 4.80. The second-order valence-corrected chi connectivity index (χ2v) is 1.56. The van der Waals surface area contributed by atoms with Crippen LogP contribution in [0, 0.1) is 0 Å². The van der Waals surface area contributed by atoms with Crippen molar-refractivity contribution >= 4 is 12.0 Å². The Balaban J connectivity index is 4.41. The van der Waals surface area contributed by atoms with E-state index in [1.165, 1.54) is 12.2 Å². The van der Waals surface area contributed by atoms with Crippen LogP contribution in [0.4, 0.5) is 0 Å². The summed E-state index contributed by atoms with van der Waals surface area (Å²) in [4.78, 5) is 23.1. The van der Waals surface area contributed by atoms with Crippen LogP contribution in [0.15, 0.2) is 16.8 Å². The summed E-state index contributed by atoms with van der Waals surface area (Å²) in [6.45, 7) is 1.81. The number of allylic oxidation sites excluding steroid dienone is 1. The zero-order valence-electron chi connectivity index (χ0n) is 5.63. The summed E-state index contributed by atoms with van der Waals surface area (Å²) in [6, 6.07) is 0. The average molecular weight is 140 g/mol. The fourth-order valence-electron chi connectivity index (χ4n) is 0.444. The smallest absolute Gasteiger partial charge is 0.267 e. The van der Waals surface area contributed by atoms with Gasteiger partial charge < -0.3 is 5.73 Å². The predicted octanol–water partition coefficient (Wildman–Crippen LogP) is 0.101. The maximum atomic E-state index is 10.4. The van der Waals surface area contributed by atoms with Crippen LogP contribution in [0.1, 0.15) is 13.3 Å². The molecule has 0 aromatic carbocycles. The third-order valence-electron chi connectivity index (χ3n) is 0.816. The lowest BCUT2D eigenvalue weighted by Crippen LogP contribution is -2.12. The molecule has 0 aliphatic heterocycles. The molecule has 0 aromatic rings. The molecule has 0 rings (SSSR count). The molecule has 0 atom stereocenters. The number of primary amides is 1. The average Bonchev–Trinajstić information content (AvgIpc) is 1.87. The van der Waals surface area contributed by atoms with Crippen LogP contribution >= 0.6 is 0 Å². The summed E-state index contributed by atoms with van der Waals surface area (Å²) >= 11 is 0. The first kappa shape index (κ1) is 8.59. The molecule has 0 heterocycles. The van der Waals surface area contributed by atoms with E-state index in [9.17, 15) is 9.59 Å². The molecule has 0 saturated carbocycles. The van der Waals surface area contributed by atoms with Crippen LogP contribution in [0.2, 0.25) is 0 Å². The highest BCUT2D eigenvalue weighted by molar-refractivity contribution is 5.92. The van der Waals surface area contributed by atoms with Crippen molar-refractivity contribution in [2.75, 3.05) is 0 Å². The van der Waals surface area contributed by atoms with Gasteiger partial charge in [0.1, 0.15) is 5.70 Å². The molecule has 1 amide bonds. The van der Waals surface area contributed by atoms with Gasteiger partial charge in [-0.15, -0.1) is 0 Å². The molecule has 0 unspecified atom stereocenters. The van der Waals surface area contributed by atoms with Gasteiger partial charge in [0.05, 0.1) is 0 Å². The number of carbonyl (C=O) groups is 1. The molecule has 0 fully saturated rings. The Morgan fingerprint density at radius 1 is 1.80 bits per heavy atom. The van der Waals surface area contributed by atoms with E-state index in [4.69, 9.17) is 5.73 Å². The second-order valence-electron chi connectivity index (χ2n) is 1.56. The van der Waals surface area contributed by atoms with Crippen LogP contribution < -0.4 is 5.73 Å². The minimum atomic E-state index is -0.704. The van der Waals surface area contributed by atoms with E-state index in [1.807, 2.05) is 6.92 Å². The van der Waals surface area contributed by atoms with E-state index in [0.717, 1.165) is 0 Å². The lowest BCUT2D eigenvalue weighted by molar-refractivity contribution is -0.114. The van der Waals surface area contributed by atoms with Crippen molar-refractivity contribution in [3.05, 3.63) is 11.8 Å². The Morgan fingerprint density at radius 3 is 2.70 bits per heavy atom. The SMILES string of the molecule is CCC=C(N=C=O)C(N)=O. The number of carbonyl (C=O) groups excluding carboxylic acids is 2. The van der Waals surface area contributed by atoms with E-state index in [-0.39, 0.29) is 5.70 Å². The van der Waals surface area contributed by atoms with Crippen molar-refractivity contribution in [2.24, 2.45) is 10.7 Å². The van der Waals surface area contributed by atoms with Crippen LogP contribution in [-0.4, -0.2) is 12.0 Å². The number of amides is 1. The fourth-order valence-corrected chi connectivity index (χ4v) is 0.444. The summed E-state index contributed by atoms with van der Waals surface area (Å²) < 4.78 is 0. The summed E-state index contributed by atoms with van der Waals surface area (Å²) in [5, 5.41) is 0. The van der Waals surface area contributed by atoms with E-state index >= 15 is 0 Å². The van der Waals surface area contributed by atoms with Gasteiger partial charge in [-0.25, -0.2) is 4.79 Å². The minimum Gasteiger partial charge on any atom is -0.364 e. The first-order chi connectivity index (χ1) is 4.72. The second kappa shape index (κ2) is 4.47. The Hall–Kier alpha value is -1.41. The van der Waals surface area contributed by atoms with E-state index in [1.54, 1.807) is 0 Å². The van der Waals surface area contributed by atoms with Gasteiger partial charge >= 0.3 is 0 Å². The molecule has 0 aliphatic carbocycles. The van der Waals surface area contributed by atoms with Crippen molar-refractivity contribution in [1.82, 2.24) is 0 Å². The van der Waals surface area contributed by atoms with Crippen molar-refractivity contribution in [3.8, 4) is 0 Å². The normalized spacial score (nSPS) is 10.3. The van der Waals surface area contributed by atoms with Crippen molar-refractivity contribution in [3.63, 3.8) is 0 Å². The molecular formula is C6H8N2O2. The molecule has 0 aromatic heterocycles. The number of aliphatic imine (C=N–C) groups is 1. The minimum absolute atomic E-state index is 0.0301. The number of isocyanates is 1. The third kappa shape index (κ3) is 2.79. The number of rotatable bonds is 3. The Labute approximate surface area is 58.4 Å². The molecule has 4 nitrogen and oxygen atoms in total. The summed E-state index contributed by atoms with van der Waals surface area (Å²) in [7, 11) is 0. The molecule has 0 bridgehead atoms. The molecule has 0 saturated heterocycles. The van der Waals surface area contributed by atoms with Crippen molar-refractivity contribution < 1.29 is 9.59 Å². The first-order valence-corrected chi connectivity index (χ1v) is 2.80. The maximum Gasteiger partial charge on any atom is 0.267 e. The largest absolute Gasteiger partial charge is 0.364 e. The highest BCUT2D eigenvalue weighted by Crippen LogP contribution is 1.94. The van der Waals surface area contributed by atoms with Gasteiger partial charge in [-0.05, 0) is 6.42 Å². The highest BCUT2D eigenvalue weighted by Gasteiger charge is 1.99. The van der Waals surface area contributed by atoms with Crippen molar-refractivity contribution in [1.29, 1.82) is 0 Å². The highest BCUT2D eigenvalue weighted by atomic mass is 16.1. The Kier molecular flexibility index (Phi) is 3.84. The molecule has 0 spiro atoms. The van der Waals surface area contributed by atoms with Gasteiger partial charge in [-0.1, -0.05) is 13.0 Å². The van der Waals surface area contributed by atoms with E-state index < -0.39 is 5.91 Å². The third-order valence-corrected chi connectivity index (χ3v) is 0.816. The quantitative estimate of drug-likeness (QED) is 0.343. The number of nitrogens with two attached hydrogens (primary N) is 1. The van der Waals surface area contributed by atoms with Gasteiger partial charge in [-0.2, -0.15) is 4.99 Å². The lowest BCUT2D eigenvalue weighted by Gasteiger charge is -1.88. The van der Waals surface area contributed by atoms with Gasteiger partial charge in [0.15, 0.2) is 0 Å². The molecule has 10 heavy (non-hydrogen) atoms. The monoisotopic (exact) mass is 140 g/mol. The fraction of sp³-hybridized carbons (Fsp3) is 0.333. The number of hydrogen-bond acceptors (Lipinski definition) is 3. The van der Waals surface area contributed by atoms with Crippen LogP contribution in [-0.2, 0) is 9.59 Å². The molecular weight excluding hydrogens is 132 g/mol. The Bertz CT molecular complexity index is 198. The van der Waals surface area contributed by atoms with Crippen molar-refractivity contribution in [2.45, 2.75) is 13.3 Å². The summed E-state index contributed by atoms with van der Waals surface area (Å²) in [6.07, 6.45) is 3.32. The van der Waals surface area contributed by atoms with Gasteiger partial charge in [0, 0.05) is 0 Å². The summed E-state index contributed by atoms with van der Waals surface area (Å²) in [5.74, 6) is -0.704. The molecule has 2 N–H and O–H groups in total. The predicted molar refractivity (Wildman–Crippen MR) is 35.7 cm³/mol. The zero-order chi connectivity index (χ0) is 7.98. The van der Waals surface area contributed by atoms with E-state index in [0.29, 0.717) is 6.42 Å². The molecule has 0 aliphatic rings. The van der Waals surface area contributed by atoms with Crippen LogP contribution in [0.5, 0.6) is 0 Å². The van der Waals surface area contributed by atoms with E-state index in [2.05, 4.69) is 4.99 Å². The number of hydrogen-bond donors (Lipinski definition) is 1. The van der Waals surface area contributed by atoms with Gasteiger partial charge in [0.2, 0.25) is 6.08 Å². The Morgan fingerprint density at radius 2 is 2.40 bits per heavy atom. The molecule has 0 radical (unpaired) electrons. The topological polar surface area (TPSA) is 72.5 Å². The van der Waals surface area contributed by atoms with Crippen LogP contribution in [0.25, 0.3) is 0 Å². The van der Waals surface area contributed by atoms with Gasteiger partial charge in [0.25, 0.3) is 5.91 Å². The standard InChI is InChI=1S/C6H8N2O2/c1-2-3-5(6(7)10)8-4-9/h3H,2H2,1H3,(H2,7,10).